The highest BCUT2D eigenvalue weighted by Crippen LogP contribution is 2.28. The molecule has 0 atom stereocenters. The molecule has 0 bridgehead atoms. The largest absolute Gasteiger partial charge is 0.302 e. The van der Waals surface area contributed by atoms with Gasteiger partial charge in [-0.2, -0.15) is 0 Å². The molecule has 26 heavy (non-hydrogen) atoms. The van der Waals surface area contributed by atoms with Crippen LogP contribution in [0.2, 0.25) is 0 Å². The van der Waals surface area contributed by atoms with Gasteiger partial charge in [0.2, 0.25) is 0 Å². The lowest BCUT2D eigenvalue weighted by Crippen LogP contribution is -2.09. The predicted octanol–water partition coefficient (Wildman–Crippen LogP) is 5.09. The first-order valence-corrected chi connectivity index (χ1v) is 10.2. The smallest absolute Gasteiger partial charge is 0.191 e. The summed E-state index contributed by atoms with van der Waals surface area (Å²) in [6.07, 6.45) is 0. The van der Waals surface area contributed by atoms with Crippen molar-refractivity contribution in [2.45, 2.75) is 32.5 Å². The quantitative estimate of drug-likeness (QED) is 0.417. The van der Waals surface area contributed by atoms with Crippen LogP contribution >= 0.6 is 23.1 Å². The molecule has 0 aliphatic rings. The van der Waals surface area contributed by atoms with E-state index in [4.69, 9.17) is 0 Å². The highest BCUT2D eigenvalue weighted by Gasteiger charge is 2.19. The van der Waals surface area contributed by atoms with Crippen molar-refractivity contribution >= 4 is 28.9 Å². The van der Waals surface area contributed by atoms with Crippen molar-refractivity contribution in [1.29, 1.82) is 0 Å². The molecule has 3 aromatic rings. The molecule has 2 aromatic heterocycles. The summed E-state index contributed by atoms with van der Waals surface area (Å²) in [7, 11) is 0. The summed E-state index contributed by atoms with van der Waals surface area (Å²) < 4.78 is 16.1. The number of carbonyl (C=O) groups excluding carboxylic acids is 1. The first-order chi connectivity index (χ1) is 12.5. The van der Waals surface area contributed by atoms with Gasteiger partial charge in [0.1, 0.15) is 5.82 Å². The SMILES string of the molecule is Cc1ccc(C(=O)CSc2nnc(-c3ccccc3F)n2CC(C)C)s1. The number of benzene rings is 1. The Morgan fingerprint density at radius 3 is 2.65 bits per heavy atom. The van der Waals surface area contributed by atoms with E-state index in [2.05, 4.69) is 24.0 Å². The van der Waals surface area contributed by atoms with Crippen molar-refractivity contribution in [3.8, 4) is 11.4 Å². The number of thiophene rings is 1. The Balaban J connectivity index is 1.85. The molecule has 2 heterocycles. The number of Topliss-reactive ketones (excluding diaryl/α,β-unsaturated/α-hetero) is 1. The van der Waals surface area contributed by atoms with Gasteiger partial charge in [-0.1, -0.05) is 37.7 Å². The number of nitrogens with zero attached hydrogens (tertiary/aromatic N) is 3. The highest BCUT2D eigenvalue weighted by molar-refractivity contribution is 7.99. The maximum atomic E-state index is 14.2. The number of halogens is 1. The molecule has 4 nitrogen and oxygen atoms in total. The van der Waals surface area contributed by atoms with Crippen LogP contribution in [0, 0.1) is 18.7 Å². The van der Waals surface area contributed by atoms with Crippen molar-refractivity contribution < 1.29 is 9.18 Å². The van der Waals surface area contributed by atoms with E-state index < -0.39 is 0 Å². The van der Waals surface area contributed by atoms with Gasteiger partial charge in [0.15, 0.2) is 16.8 Å². The Morgan fingerprint density at radius 1 is 1.23 bits per heavy atom. The van der Waals surface area contributed by atoms with E-state index in [1.165, 1.54) is 29.2 Å². The molecule has 0 fully saturated rings. The van der Waals surface area contributed by atoms with Crippen molar-refractivity contribution in [3.05, 3.63) is 52.0 Å². The third kappa shape index (κ3) is 4.22. The van der Waals surface area contributed by atoms with E-state index in [0.717, 1.165) is 9.75 Å². The lowest BCUT2D eigenvalue weighted by atomic mass is 10.2. The summed E-state index contributed by atoms with van der Waals surface area (Å²) in [5, 5.41) is 9.05. The third-order valence-corrected chi connectivity index (χ3v) is 5.74. The summed E-state index contributed by atoms with van der Waals surface area (Å²) in [5.41, 5.74) is 0.424. The summed E-state index contributed by atoms with van der Waals surface area (Å²) in [6.45, 7) is 6.80. The molecule has 0 N–H and O–H groups in total. The molecule has 0 radical (unpaired) electrons. The third-order valence-electron chi connectivity index (χ3n) is 3.73. The number of hydrogen-bond acceptors (Lipinski definition) is 5. The molecule has 0 unspecified atom stereocenters. The van der Waals surface area contributed by atoms with Gasteiger partial charge in [0, 0.05) is 11.4 Å². The van der Waals surface area contributed by atoms with Crippen LogP contribution in [0.3, 0.4) is 0 Å². The van der Waals surface area contributed by atoms with Crippen LogP contribution in [0.15, 0.2) is 41.6 Å². The molecule has 0 aliphatic heterocycles. The zero-order valence-electron chi connectivity index (χ0n) is 14.9. The Hall–Kier alpha value is -1.99. The van der Waals surface area contributed by atoms with E-state index in [9.17, 15) is 9.18 Å². The minimum Gasteiger partial charge on any atom is -0.302 e. The summed E-state index contributed by atoms with van der Waals surface area (Å²) >= 11 is 2.84. The molecule has 0 spiro atoms. The van der Waals surface area contributed by atoms with Gasteiger partial charge >= 0.3 is 0 Å². The fraction of sp³-hybridized carbons (Fsp3) is 0.316. The molecular formula is C19H20FN3OS2. The fourth-order valence-electron chi connectivity index (χ4n) is 2.55. The number of hydrogen-bond donors (Lipinski definition) is 0. The first-order valence-electron chi connectivity index (χ1n) is 8.36. The van der Waals surface area contributed by atoms with E-state index in [1.807, 2.05) is 23.6 Å². The number of rotatable bonds is 7. The van der Waals surface area contributed by atoms with Gasteiger partial charge in [-0.25, -0.2) is 4.39 Å². The highest BCUT2D eigenvalue weighted by atomic mass is 32.2. The maximum Gasteiger partial charge on any atom is 0.191 e. The van der Waals surface area contributed by atoms with E-state index >= 15 is 0 Å². The Labute approximate surface area is 160 Å². The fourth-order valence-corrected chi connectivity index (χ4v) is 4.28. The zero-order valence-corrected chi connectivity index (χ0v) is 16.5. The average molecular weight is 390 g/mol. The van der Waals surface area contributed by atoms with Crippen LogP contribution in [0.4, 0.5) is 4.39 Å². The minimum absolute atomic E-state index is 0.0691. The monoisotopic (exact) mass is 389 g/mol. The molecule has 3 rings (SSSR count). The van der Waals surface area contributed by atoms with Crippen molar-refractivity contribution in [2.75, 3.05) is 5.75 Å². The number of carbonyl (C=O) groups is 1. The van der Waals surface area contributed by atoms with Crippen LogP contribution in [-0.2, 0) is 6.54 Å². The lowest BCUT2D eigenvalue weighted by molar-refractivity contribution is 0.102. The second kappa shape index (κ2) is 8.14. The van der Waals surface area contributed by atoms with Crippen molar-refractivity contribution in [2.24, 2.45) is 5.92 Å². The van der Waals surface area contributed by atoms with E-state index in [1.54, 1.807) is 18.2 Å². The van der Waals surface area contributed by atoms with Gasteiger partial charge < -0.3 is 4.57 Å². The van der Waals surface area contributed by atoms with Crippen molar-refractivity contribution in [1.82, 2.24) is 14.8 Å². The van der Waals surface area contributed by atoms with Crippen LogP contribution in [0.5, 0.6) is 0 Å². The van der Waals surface area contributed by atoms with Crippen LogP contribution in [0.25, 0.3) is 11.4 Å². The summed E-state index contributed by atoms with van der Waals surface area (Å²) in [5.74, 6) is 0.865. The number of ketones is 1. The molecular weight excluding hydrogens is 369 g/mol. The molecule has 0 saturated heterocycles. The van der Waals surface area contributed by atoms with Gasteiger partial charge in [-0.05, 0) is 37.1 Å². The molecule has 0 aliphatic carbocycles. The standard InChI is InChI=1S/C19H20FN3OS2/c1-12(2)10-23-18(14-6-4-5-7-15(14)20)21-22-19(23)25-11-16(24)17-9-8-13(3)26-17/h4-9,12H,10-11H2,1-3H3. The van der Waals surface area contributed by atoms with Gasteiger partial charge in [0.05, 0.1) is 16.2 Å². The Kier molecular flexibility index (Phi) is 5.88. The Morgan fingerprint density at radius 2 is 2.00 bits per heavy atom. The number of aromatic nitrogens is 3. The topological polar surface area (TPSA) is 47.8 Å². The maximum absolute atomic E-state index is 14.2. The zero-order chi connectivity index (χ0) is 18.7. The predicted molar refractivity (Wildman–Crippen MR) is 104 cm³/mol. The number of aryl methyl sites for hydroxylation is 1. The van der Waals surface area contributed by atoms with Crippen LogP contribution in [-0.4, -0.2) is 26.3 Å². The van der Waals surface area contributed by atoms with Crippen LogP contribution < -0.4 is 0 Å². The summed E-state index contributed by atoms with van der Waals surface area (Å²) in [6, 6.07) is 10.3. The molecule has 1 aromatic carbocycles. The number of thioether (sulfide) groups is 1. The lowest BCUT2D eigenvalue weighted by Gasteiger charge is -2.12. The van der Waals surface area contributed by atoms with E-state index in [0.29, 0.717) is 29.0 Å². The van der Waals surface area contributed by atoms with E-state index in [-0.39, 0.29) is 17.4 Å². The van der Waals surface area contributed by atoms with Crippen LogP contribution in [0.1, 0.15) is 28.4 Å². The first kappa shape index (κ1) is 18.8. The molecule has 0 amide bonds. The Bertz CT molecular complexity index is 917. The van der Waals surface area contributed by atoms with Gasteiger partial charge in [-0.3, -0.25) is 4.79 Å². The minimum atomic E-state index is -0.327. The second-order valence-corrected chi connectivity index (χ2v) is 8.64. The molecule has 0 saturated carbocycles. The van der Waals surface area contributed by atoms with Gasteiger partial charge in [0.25, 0.3) is 0 Å². The normalized spacial score (nSPS) is 11.3. The van der Waals surface area contributed by atoms with Gasteiger partial charge in [-0.15, -0.1) is 21.5 Å². The average Bonchev–Trinajstić information content (AvgIpc) is 3.19. The second-order valence-electron chi connectivity index (χ2n) is 6.41. The van der Waals surface area contributed by atoms with Crippen molar-refractivity contribution in [3.63, 3.8) is 0 Å². The molecule has 7 heteroatoms. The molecule has 136 valence electrons. The summed E-state index contributed by atoms with van der Waals surface area (Å²) in [4.78, 5) is 14.2.